The maximum absolute atomic E-state index is 12.2. The van der Waals surface area contributed by atoms with Gasteiger partial charge in [-0.05, 0) is 26.2 Å². The van der Waals surface area contributed by atoms with E-state index in [1.165, 1.54) is 37.0 Å². The fraction of sp³-hybridized carbons (Fsp3) is 0.714. The Morgan fingerprint density at radius 1 is 1.50 bits per heavy atom. The van der Waals surface area contributed by atoms with E-state index in [4.69, 9.17) is 5.73 Å². The Morgan fingerprint density at radius 3 is 2.90 bits per heavy atom. The number of rotatable bonds is 8. The van der Waals surface area contributed by atoms with Crippen LogP contribution in [0.5, 0.6) is 0 Å². The number of nitrogens with zero attached hydrogens (tertiary/aromatic N) is 1. The van der Waals surface area contributed by atoms with Gasteiger partial charge in [0.1, 0.15) is 10.7 Å². The SMILES string of the molecule is CCCCCC(C)NC(=O)c1sc(NC2CC2)nc1N. The zero-order valence-corrected chi connectivity index (χ0v) is 13.1. The molecule has 0 bridgehead atoms. The topological polar surface area (TPSA) is 80.0 Å². The highest BCUT2D eigenvalue weighted by molar-refractivity contribution is 7.18. The maximum Gasteiger partial charge on any atom is 0.265 e. The van der Waals surface area contributed by atoms with Gasteiger partial charge in [-0.25, -0.2) is 4.98 Å². The van der Waals surface area contributed by atoms with Crippen LogP contribution in [0.1, 0.15) is 62.0 Å². The molecule has 0 saturated heterocycles. The largest absolute Gasteiger partial charge is 0.382 e. The second kappa shape index (κ2) is 6.92. The van der Waals surface area contributed by atoms with Crippen molar-refractivity contribution in [2.24, 2.45) is 0 Å². The summed E-state index contributed by atoms with van der Waals surface area (Å²) in [6, 6.07) is 0.694. The second-order valence-corrected chi connectivity index (χ2v) is 6.52. The number of thiazole rings is 1. The molecular formula is C14H24N4OS. The van der Waals surface area contributed by atoms with Crippen LogP contribution in [0, 0.1) is 0 Å². The standard InChI is InChI=1S/C14H24N4OS/c1-3-4-5-6-9(2)16-13(19)11-12(15)18-14(20-11)17-10-7-8-10/h9-10H,3-8,15H2,1-2H3,(H,16,19)(H,17,18). The van der Waals surface area contributed by atoms with E-state index < -0.39 is 0 Å². The number of nitrogens with two attached hydrogens (primary N) is 1. The predicted molar refractivity (Wildman–Crippen MR) is 84.2 cm³/mol. The Morgan fingerprint density at radius 2 is 2.25 bits per heavy atom. The third-order valence-corrected chi connectivity index (χ3v) is 4.38. The molecule has 1 unspecified atom stereocenters. The van der Waals surface area contributed by atoms with E-state index in [-0.39, 0.29) is 11.9 Å². The molecule has 1 aliphatic carbocycles. The number of anilines is 2. The number of hydrogen-bond donors (Lipinski definition) is 3. The molecule has 0 radical (unpaired) electrons. The number of hydrogen-bond acceptors (Lipinski definition) is 5. The molecule has 1 fully saturated rings. The number of unbranched alkanes of at least 4 members (excludes halogenated alkanes) is 2. The lowest BCUT2D eigenvalue weighted by Crippen LogP contribution is -2.32. The summed E-state index contributed by atoms with van der Waals surface area (Å²) in [6.07, 6.45) is 6.90. The molecule has 1 aromatic rings. The van der Waals surface area contributed by atoms with Gasteiger partial charge in [0.05, 0.1) is 0 Å². The first-order valence-electron chi connectivity index (χ1n) is 7.43. The Labute approximate surface area is 124 Å². The Balaban J connectivity index is 1.85. The summed E-state index contributed by atoms with van der Waals surface area (Å²) in [5.74, 6) is 0.226. The summed E-state index contributed by atoms with van der Waals surface area (Å²) in [7, 11) is 0. The van der Waals surface area contributed by atoms with Crippen LogP contribution >= 0.6 is 11.3 Å². The molecule has 5 nitrogen and oxygen atoms in total. The average Bonchev–Trinajstić information content (AvgIpc) is 3.11. The van der Waals surface area contributed by atoms with E-state index in [1.54, 1.807) is 0 Å². The lowest BCUT2D eigenvalue weighted by atomic mass is 10.1. The number of carbonyl (C=O) groups excluding carboxylic acids is 1. The highest BCUT2D eigenvalue weighted by Crippen LogP contribution is 2.30. The van der Waals surface area contributed by atoms with Crippen molar-refractivity contribution < 1.29 is 4.79 Å². The Hall–Kier alpha value is -1.30. The van der Waals surface area contributed by atoms with Crippen molar-refractivity contribution in [3.63, 3.8) is 0 Å². The molecule has 1 saturated carbocycles. The number of carbonyl (C=O) groups is 1. The molecule has 0 spiro atoms. The van der Waals surface area contributed by atoms with Crippen LogP contribution in [0.25, 0.3) is 0 Å². The predicted octanol–water partition coefficient (Wildman–Crippen LogP) is 3.00. The van der Waals surface area contributed by atoms with Crippen molar-refractivity contribution in [1.29, 1.82) is 0 Å². The van der Waals surface area contributed by atoms with Crippen molar-refractivity contribution in [2.75, 3.05) is 11.1 Å². The van der Waals surface area contributed by atoms with Crippen LogP contribution in [-0.4, -0.2) is 23.0 Å². The zero-order valence-electron chi connectivity index (χ0n) is 12.2. The molecule has 6 heteroatoms. The van der Waals surface area contributed by atoms with Gasteiger partial charge in [0.25, 0.3) is 5.91 Å². The Bertz CT molecular complexity index is 456. The summed E-state index contributed by atoms with van der Waals surface area (Å²) < 4.78 is 0. The fourth-order valence-corrected chi connectivity index (χ4v) is 2.89. The number of aromatic nitrogens is 1. The summed E-state index contributed by atoms with van der Waals surface area (Å²) in [5.41, 5.74) is 5.83. The first-order valence-corrected chi connectivity index (χ1v) is 8.25. The lowest BCUT2D eigenvalue weighted by Gasteiger charge is -2.12. The third-order valence-electron chi connectivity index (χ3n) is 3.38. The highest BCUT2D eigenvalue weighted by atomic mass is 32.1. The van der Waals surface area contributed by atoms with E-state index in [0.29, 0.717) is 16.7 Å². The molecule has 20 heavy (non-hydrogen) atoms. The van der Waals surface area contributed by atoms with Gasteiger partial charge < -0.3 is 16.4 Å². The lowest BCUT2D eigenvalue weighted by molar-refractivity contribution is 0.0942. The molecule has 1 amide bonds. The van der Waals surface area contributed by atoms with E-state index in [9.17, 15) is 4.79 Å². The van der Waals surface area contributed by atoms with Crippen LogP contribution in [0.2, 0.25) is 0 Å². The van der Waals surface area contributed by atoms with Crippen molar-refractivity contribution in [3.05, 3.63) is 4.88 Å². The second-order valence-electron chi connectivity index (χ2n) is 5.52. The van der Waals surface area contributed by atoms with Crippen LogP contribution in [-0.2, 0) is 0 Å². The average molecular weight is 296 g/mol. The normalized spacial score (nSPS) is 15.9. The maximum atomic E-state index is 12.2. The number of nitrogen functional groups attached to an aromatic ring is 1. The molecule has 112 valence electrons. The van der Waals surface area contributed by atoms with Gasteiger partial charge in [0.15, 0.2) is 5.13 Å². The molecule has 2 rings (SSSR count). The van der Waals surface area contributed by atoms with E-state index in [2.05, 4.69) is 22.5 Å². The highest BCUT2D eigenvalue weighted by Gasteiger charge is 2.24. The number of nitrogens with one attached hydrogen (secondary N) is 2. The molecule has 0 aliphatic heterocycles. The monoisotopic (exact) mass is 296 g/mol. The molecule has 1 atom stereocenters. The van der Waals surface area contributed by atoms with E-state index >= 15 is 0 Å². The van der Waals surface area contributed by atoms with Gasteiger partial charge in [-0.3, -0.25) is 4.79 Å². The minimum Gasteiger partial charge on any atom is -0.382 e. The van der Waals surface area contributed by atoms with Crippen molar-refractivity contribution in [2.45, 2.75) is 64.5 Å². The first kappa shape index (κ1) is 15.1. The van der Waals surface area contributed by atoms with Crippen LogP contribution < -0.4 is 16.4 Å². The summed E-state index contributed by atoms with van der Waals surface area (Å²) in [6.45, 7) is 4.21. The summed E-state index contributed by atoms with van der Waals surface area (Å²) in [4.78, 5) is 16.9. The van der Waals surface area contributed by atoms with E-state index in [1.807, 2.05) is 6.92 Å². The number of amides is 1. The van der Waals surface area contributed by atoms with Gasteiger partial charge in [-0.1, -0.05) is 37.5 Å². The Kier molecular flexibility index (Phi) is 5.23. The van der Waals surface area contributed by atoms with Gasteiger partial charge in [0.2, 0.25) is 0 Å². The molecule has 1 aliphatic rings. The van der Waals surface area contributed by atoms with Crippen molar-refractivity contribution in [3.8, 4) is 0 Å². The summed E-state index contributed by atoms with van der Waals surface area (Å²) >= 11 is 1.35. The smallest absolute Gasteiger partial charge is 0.265 e. The molecule has 1 aromatic heterocycles. The minimum absolute atomic E-state index is 0.104. The molecule has 0 aromatic carbocycles. The molecule has 1 heterocycles. The van der Waals surface area contributed by atoms with E-state index in [0.717, 1.165) is 18.0 Å². The van der Waals surface area contributed by atoms with Gasteiger partial charge in [0, 0.05) is 12.1 Å². The van der Waals surface area contributed by atoms with Gasteiger partial charge in [-0.15, -0.1) is 0 Å². The minimum atomic E-state index is -0.104. The van der Waals surface area contributed by atoms with Crippen LogP contribution in [0.3, 0.4) is 0 Å². The first-order chi connectivity index (χ1) is 9.60. The summed E-state index contributed by atoms with van der Waals surface area (Å²) in [5, 5.41) is 7.03. The van der Waals surface area contributed by atoms with Crippen molar-refractivity contribution >= 4 is 28.2 Å². The van der Waals surface area contributed by atoms with Gasteiger partial charge in [-0.2, -0.15) is 0 Å². The molecule has 4 N–H and O–H groups in total. The molecular weight excluding hydrogens is 272 g/mol. The zero-order chi connectivity index (χ0) is 14.5. The van der Waals surface area contributed by atoms with Crippen molar-refractivity contribution in [1.82, 2.24) is 10.3 Å². The van der Waals surface area contributed by atoms with Gasteiger partial charge >= 0.3 is 0 Å². The van der Waals surface area contributed by atoms with Crippen LogP contribution in [0.4, 0.5) is 10.9 Å². The van der Waals surface area contributed by atoms with Crippen LogP contribution in [0.15, 0.2) is 0 Å². The quantitative estimate of drug-likeness (QED) is 0.644. The third kappa shape index (κ3) is 4.37. The fourth-order valence-electron chi connectivity index (χ4n) is 2.02.